The van der Waals surface area contributed by atoms with Crippen molar-refractivity contribution in [1.29, 1.82) is 0 Å². The van der Waals surface area contributed by atoms with Crippen molar-refractivity contribution < 1.29 is 0 Å². The molecule has 0 amide bonds. The Balaban J connectivity index is 1.21. The van der Waals surface area contributed by atoms with E-state index in [1.165, 1.54) is 41.9 Å². The zero-order valence-corrected chi connectivity index (χ0v) is 25.0. The minimum atomic E-state index is 0.656. The number of thiophene rings is 1. The number of hydrogen-bond acceptors (Lipinski definition) is 4. The van der Waals surface area contributed by atoms with Crippen LogP contribution in [0, 0.1) is 0 Å². The molecule has 9 aromatic rings. The normalized spacial score (nSPS) is 11.6. The van der Waals surface area contributed by atoms with Crippen molar-refractivity contribution in [2.75, 3.05) is 0 Å². The van der Waals surface area contributed by atoms with Crippen molar-refractivity contribution in [3.8, 4) is 45.3 Å². The molecule has 0 bridgehead atoms. The Kier molecular flexibility index (Phi) is 6.00. The fourth-order valence-electron chi connectivity index (χ4n) is 6.22. The first-order chi connectivity index (χ1) is 22.3. The van der Waals surface area contributed by atoms with Gasteiger partial charge in [0.25, 0.3) is 0 Å². The van der Waals surface area contributed by atoms with Gasteiger partial charge in [0.15, 0.2) is 17.5 Å². The van der Waals surface area contributed by atoms with Gasteiger partial charge in [-0.15, -0.1) is 11.3 Å². The van der Waals surface area contributed by atoms with Crippen LogP contribution in [0.5, 0.6) is 0 Å². The largest absolute Gasteiger partial charge is 0.208 e. The molecule has 3 nitrogen and oxygen atoms in total. The molecule has 0 radical (unpaired) electrons. The molecule has 0 fully saturated rings. The Morgan fingerprint density at radius 2 is 0.844 bits per heavy atom. The van der Waals surface area contributed by atoms with E-state index in [0.717, 1.165) is 27.6 Å². The first-order valence-corrected chi connectivity index (χ1v) is 15.8. The molecule has 0 aliphatic heterocycles. The van der Waals surface area contributed by atoms with E-state index in [4.69, 9.17) is 15.0 Å². The molecular weight excluding hydrogens is 567 g/mol. The fraction of sp³-hybridized carbons (Fsp3) is 0. The van der Waals surface area contributed by atoms with Crippen LogP contribution in [0.4, 0.5) is 0 Å². The van der Waals surface area contributed by atoms with Gasteiger partial charge in [-0.2, -0.15) is 0 Å². The summed E-state index contributed by atoms with van der Waals surface area (Å²) < 4.78 is 2.54. The molecule has 0 saturated heterocycles. The van der Waals surface area contributed by atoms with Gasteiger partial charge in [-0.1, -0.05) is 121 Å². The van der Waals surface area contributed by atoms with Crippen molar-refractivity contribution in [1.82, 2.24) is 15.0 Å². The lowest BCUT2D eigenvalue weighted by Crippen LogP contribution is -2.00. The smallest absolute Gasteiger partial charge is 0.164 e. The second-order valence-electron chi connectivity index (χ2n) is 11.3. The maximum atomic E-state index is 5.09. The first-order valence-electron chi connectivity index (χ1n) is 15.0. The summed E-state index contributed by atoms with van der Waals surface area (Å²) in [4.78, 5) is 15.2. The quantitative estimate of drug-likeness (QED) is 0.191. The number of rotatable bonds is 4. The molecule has 0 saturated carbocycles. The lowest BCUT2D eigenvalue weighted by Gasteiger charge is -2.10. The van der Waals surface area contributed by atoms with Crippen LogP contribution in [-0.4, -0.2) is 15.0 Å². The Labute approximate surface area is 264 Å². The summed E-state index contributed by atoms with van der Waals surface area (Å²) in [7, 11) is 0. The van der Waals surface area contributed by atoms with Crippen LogP contribution in [0.1, 0.15) is 0 Å². The maximum absolute atomic E-state index is 5.09. The number of nitrogens with zero attached hydrogens (tertiary/aromatic N) is 3. The van der Waals surface area contributed by atoms with Gasteiger partial charge in [-0.25, -0.2) is 15.0 Å². The Morgan fingerprint density at radius 1 is 0.311 bits per heavy atom. The third kappa shape index (κ3) is 4.55. The Morgan fingerprint density at radius 3 is 1.67 bits per heavy atom. The predicted octanol–water partition coefficient (Wildman–Crippen LogP) is 11.2. The Hall–Kier alpha value is -5.71. The molecule has 7 aromatic carbocycles. The summed E-state index contributed by atoms with van der Waals surface area (Å²) in [6.45, 7) is 0. The third-order valence-electron chi connectivity index (χ3n) is 8.52. The van der Waals surface area contributed by atoms with Crippen LogP contribution in [-0.2, 0) is 0 Å². The van der Waals surface area contributed by atoms with Gasteiger partial charge in [0.05, 0.1) is 0 Å². The van der Waals surface area contributed by atoms with Crippen molar-refractivity contribution in [2.45, 2.75) is 0 Å². The van der Waals surface area contributed by atoms with Gasteiger partial charge in [0.1, 0.15) is 0 Å². The van der Waals surface area contributed by atoms with E-state index < -0.39 is 0 Å². The van der Waals surface area contributed by atoms with Crippen LogP contribution in [0.3, 0.4) is 0 Å². The number of benzene rings is 7. The Bertz CT molecular complexity index is 2530. The van der Waals surface area contributed by atoms with Gasteiger partial charge < -0.3 is 0 Å². The average Bonchev–Trinajstić information content (AvgIpc) is 3.49. The molecule has 0 unspecified atom stereocenters. The highest BCUT2D eigenvalue weighted by atomic mass is 32.1. The lowest BCUT2D eigenvalue weighted by atomic mass is 10.00. The second-order valence-corrected chi connectivity index (χ2v) is 12.4. The summed E-state index contributed by atoms with van der Waals surface area (Å²) in [6.07, 6.45) is 0. The topological polar surface area (TPSA) is 38.7 Å². The van der Waals surface area contributed by atoms with Crippen LogP contribution in [0.25, 0.3) is 87.0 Å². The zero-order valence-electron chi connectivity index (χ0n) is 24.2. The second kappa shape index (κ2) is 10.5. The highest BCUT2D eigenvalue weighted by molar-refractivity contribution is 7.25. The SMILES string of the molecule is c1ccc(-c2ccc(-c3nc(-c4ccc5c(ccc6ccccc65)c4)nc(-c4ccc5sc6ccccc6c5c4)n3)cc2)cc1. The molecule has 4 heteroatoms. The van der Waals surface area contributed by atoms with Gasteiger partial charge in [0.2, 0.25) is 0 Å². The number of aromatic nitrogens is 3. The maximum Gasteiger partial charge on any atom is 0.164 e. The predicted molar refractivity (Wildman–Crippen MR) is 189 cm³/mol. The van der Waals surface area contributed by atoms with Gasteiger partial charge in [-0.05, 0) is 63.0 Å². The van der Waals surface area contributed by atoms with Gasteiger partial charge in [-0.3, -0.25) is 0 Å². The minimum absolute atomic E-state index is 0.656. The average molecular weight is 592 g/mol. The number of hydrogen-bond donors (Lipinski definition) is 0. The minimum Gasteiger partial charge on any atom is -0.208 e. The highest BCUT2D eigenvalue weighted by Crippen LogP contribution is 2.37. The van der Waals surface area contributed by atoms with Crippen LogP contribution < -0.4 is 0 Å². The molecule has 0 aliphatic carbocycles. The molecule has 45 heavy (non-hydrogen) atoms. The molecule has 2 aromatic heterocycles. The molecular formula is C41H25N3S. The van der Waals surface area contributed by atoms with Crippen molar-refractivity contribution in [3.05, 3.63) is 152 Å². The lowest BCUT2D eigenvalue weighted by molar-refractivity contribution is 1.08. The molecule has 0 aliphatic rings. The monoisotopic (exact) mass is 591 g/mol. The van der Waals surface area contributed by atoms with E-state index in [1.807, 2.05) is 17.4 Å². The van der Waals surface area contributed by atoms with Crippen LogP contribution in [0.2, 0.25) is 0 Å². The summed E-state index contributed by atoms with van der Waals surface area (Å²) >= 11 is 1.81. The third-order valence-corrected chi connectivity index (χ3v) is 9.68. The molecule has 0 N–H and O–H groups in total. The van der Waals surface area contributed by atoms with E-state index in [2.05, 4.69) is 146 Å². The summed E-state index contributed by atoms with van der Waals surface area (Å²) in [5, 5.41) is 7.34. The molecule has 2 heterocycles. The summed E-state index contributed by atoms with van der Waals surface area (Å²) in [5.74, 6) is 1.98. The zero-order chi connectivity index (χ0) is 29.7. The number of fused-ring (bicyclic) bond motifs is 6. The van der Waals surface area contributed by atoms with Crippen LogP contribution in [0.15, 0.2) is 152 Å². The highest BCUT2D eigenvalue weighted by Gasteiger charge is 2.15. The molecule has 210 valence electrons. The van der Waals surface area contributed by atoms with E-state index in [0.29, 0.717) is 17.5 Å². The van der Waals surface area contributed by atoms with E-state index in [-0.39, 0.29) is 0 Å². The summed E-state index contributed by atoms with van der Waals surface area (Å²) in [6, 6.07) is 53.4. The summed E-state index contributed by atoms with van der Waals surface area (Å²) in [5.41, 5.74) is 5.23. The first kappa shape index (κ1) is 25.8. The molecule has 0 atom stereocenters. The standard InChI is InChI=1S/C41H25N3S/c1-2-8-26(9-3-1)27-14-17-29(18-15-27)39-42-40(31-20-22-34-30(24-31)19-16-28-10-4-5-11-33(28)34)44-41(43-39)32-21-23-38-36(25-32)35-12-6-7-13-37(35)45-38/h1-25H. The van der Waals surface area contributed by atoms with Crippen LogP contribution >= 0.6 is 11.3 Å². The van der Waals surface area contributed by atoms with Gasteiger partial charge in [0, 0.05) is 36.9 Å². The van der Waals surface area contributed by atoms with Gasteiger partial charge >= 0.3 is 0 Å². The van der Waals surface area contributed by atoms with Crippen molar-refractivity contribution in [3.63, 3.8) is 0 Å². The fourth-order valence-corrected chi connectivity index (χ4v) is 7.31. The van der Waals surface area contributed by atoms with E-state index in [9.17, 15) is 0 Å². The van der Waals surface area contributed by atoms with E-state index >= 15 is 0 Å². The van der Waals surface area contributed by atoms with E-state index in [1.54, 1.807) is 0 Å². The van der Waals surface area contributed by atoms with Crippen molar-refractivity contribution >= 4 is 53.1 Å². The molecule has 9 rings (SSSR count). The molecule has 0 spiro atoms. The van der Waals surface area contributed by atoms with Crippen molar-refractivity contribution in [2.24, 2.45) is 0 Å².